The summed E-state index contributed by atoms with van der Waals surface area (Å²) in [4.78, 5) is 9.04. The average molecular weight is 463 g/mol. The summed E-state index contributed by atoms with van der Waals surface area (Å²) in [5, 5.41) is 8.29. The van der Waals surface area contributed by atoms with Crippen LogP contribution in [0.15, 0.2) is 65.1 Å². The molecule has 0 saturated carbocycles. The molecule has 0 fully saturated rings. The van der Waals surface area contributed by atoms with Crippen molar-refractivity contribution in [1.82, 2.24) is 25.7 Å². The lowest BCUT2D eigenvalue weighted by atomic mass is 10.0. The molecule has 1 aliphatic rings. The first-order valence-electron chi connectivity index (χ1n) is 10.4. The van der Waals surface area contributed by atoms with Crippen molar-refractivity contribution < 1.29 is 0 Å². The first-order chi connectivity index (χ1) is 15.7. The largest absolute Gasteiger partial charge is 0.353 e. The SMILES string of the molecule is Cc1nc(Cn2c(-c3ccc(Cl)cc3)c(C=CNNC3=NCCN3)c3ccccc32)cs1. The summed E-state index contributed by atoms with van der Waals surface area (Å²) in [6.45, 7) is 4.39. The Hall–Kier alpha value is -3.29. The van der Waals surface area contributed by atoms with Gasteiger partial charge in [-0.15, -0.1) is 11.3 Å². The molecule has 32 heavy (non-hydrogen) atoms. The van der Waals surface area contributed by atoms with Crippen LogP contribution in [0, 0.1) is 6.92 Å². The van der Waals surface area contributed by atoms with Gasteiger partial charge in [-0.3, -0.25) is 10.4 Å². The van der Waals surface area contributed by atoms with Crippen LogP contribution in [0.3, 0.4) is 0 Å². The second-order valence-corrected chi connectivity index (χ2v) is 8.99. The van der Waals surface area contributed by atoms with Crippen molar-refractivity contribution in [2.24, 2.45) is 4.99 Å². The van der Waals surface area contributed by atoms with Gasteiger partial charge in [-0.1, -0.05) is 41.9 Å². The Kier molecular flexibility index (Phi) is 5.83. The third kappa shape index (κ3) is 4.22. The highest BCUT2D eigenvalue weighted by molar-refractivity contribution is 7.09. The second kappa shape index (κ2) is 9.06. The monoisotopic (exact) mass is 462 g/mol. The van der Waals surface area contributed by atoms with E-state index < -0.39 is 0 Å². The number of aryl methyl sites for hydroxylation is 1. The van der Waals surface area contributed by atoms with Crippen LogP contribution in [0.2, 0.25) is 5.02 Å². The Labute approximate surface area is 195 Å². The molecule has 4 aromatic rings. The van der Waals surface area contributed by atoms with Crippen LogP contribution in [0.25, 0.3) is 28.2 Å². The molecule has 0 aliphatic carbocycles. The van der Waals surface area contributed by atoms with Crippen LogP contribution in [-0.2, 0) is 6.54 Å². The fraction of sp³-hybridized carbons (Fsp3) is 0.167. The average Bonchev–Trinajstić information content (AvgIpc) is 3.53. The Balaban J connectivity index is 1.60. The Bertz CT molecular complexity index is 1300. The van der Waals surface area contributed by atoms with E-state index in [9.17, 15) is 0 Å². The Morgan fingerprint density at radius 1 is 1.19 bits per heavy atom. The molecule has 5 rings (SSSR count). The van der Waals surface area contributed by atoms with Gasteiger partial charge in [0.2, 0.25) is 5.96 Å². The highest BCUT2D eigenvalue weighted by atomic mass is 35.5. The van der Waals surface area contributed by atoms with E-state index in [1.54, 1.807) is 11.3 Å². The predicted molar refractivity (Wildman–Crippen MR) is 134 cm³/mol. The lowest BCUT2D eigenvalue weighted by molar-refractivity contribution is 0.793. The first-order valence-corrected chi connectivity index (χ1v) is 11.7. The molecular formula is C24H23ClN6S. The highest BCUT2D eigenvalue weighted by Gasteiger charge is 2.18. The highest BCUT2D eigenvalue weighted by Crippen LogP contribution is 2.36. The van der Waals surface area contributed by atoms with E-state index in [1.165, 1.54) is 5.39 Å². The Morgan fingerprint density at radius 3 is 2.78 bits per heavy atom. The number of halogens is 1. The number of nitrogens with zero attached hydrogens (tertiary/aromatic N) is 3. The fourth-order valence-corrected chi connectivity index (χ4v) is 4.67. The number of rotatable bonds is 6. The number of para-hydroxylation sites is 1. The van der Waals surface area contributed by atoms with E-state index in [2.05, 4.69) is 73.6 Å². The van der Waals surface area contributed by atoms with E-state index >= 15 is 0 Å². The number of hydrogen-bond donors (Lipinski definition) is 3. The van der Waals surface area contributed by atoms with Crippen molar-refractivity contribution in [2.75, 3.05) is 13.1 Å². The minimum atomic E-state index is 0.697. The van der Waals surface area contributed by atoms with Gasteiger partial charge >= 0.3 is 0 Å². The van der Waals surface area contributed by atoms with Gasteiger partial charge in [-0.25, -0.2) is 4.98 Å². The molecule has 0 atom stereocenters. The summed E-state index contributed by atoms with van der Waals surface area (Å²) < 4.78 is 2.34. The second-order valence-electron chi connectivity index (χ2n) is 7.49. The van der Waals surface area contributed by atoms with Crippen molar-refractivity contribution >= 4 is 45.9 Å². The lowest BCUT2D eigenvalue weighted by Crippen LogP contribution is -2.40. The molecule has 3 N–H and O–H groups in total. The number of thiazole rings is 1. The summed E-state index contributed by atoms with van der Waals surface area (Å²) in [7, 11) is 0. The fourth-order valence-electron chi connectivity index (χ4n) is 3.94. The zero-order chi connectivity index (χ0) is 21.9. The molecule has 0 bridgehead atoms. The number of aromatic nitrogens is 2. The molecule has 3 heterocycles. The van der Waals surface area contributed by atoms with Crippen molar-refractivity contribution in [3.8, 4) is 11.3 Å². The smallest absolute Gasteiger partial charge is 0.210 e. The van der Waals surface area contributed by atoms with Crippen LogP contribution in [0.5, 0.6) is 0 Å². The normalized spacial score (nSPS) is 13.5. The summed E-state index contributed by atoms with van der Waals surface area (Å²) in [6.07, 6.45) is 4.00. The van der Waals surface area contributed by atoms with Crippen LogP contribution in [-0.4, -0.2) is 28.6 Å². The third-order valence-corrected chi connectivity index (χ3v) is 6.39. The Morgan fingerprint density at radius 2 is 2.03 bits per heavy atom. The molecule has 162 valence electrons. The quantitative estimate of drug-likeness (QED) is 0.360. The zero-order valence-electron chi connectivity index (χ0n) is 17.6. The molecule has 2 aromatic heterocycles. The topological polar surface area (TPSA) is 66.3 Å². The maximum Gasteiger partial charge on any atom is 0.210 e. The van der Waals surface area contributed by atoms with Crippen LogP contribution >= 0.6 is 22.9 Å². The van der Waals surface area contributed by atoms with Crippen LogP contribution in [0.1, 0.15) is 16.3 Å². The molecule has 2 aromatic carbocycles. The van der Waals surface area contributed by atoms with Gasteiger partial charge in [0.15, 0.2) is 0 Å². The molecule has 0 radical (unpaired) electrons. The van der Waals surface area contributed by atoms with E-state index in [0.29, 0.717) is 6.54 Å². The van der Waals surface area contributed by atoms with E-state index in [0.717, 1.165) is 57.1 Å². The summed E-state index contributed by atoms with van der Waals surface area (Å²) >= 11 is 7.87. The number of fused-ring (bicyclic) bond motifs is 1. The van der Waals surface area contributed by atoms with Crippen molar-refractivity contribution in [1.29, 1.82) is 0 Å². The van der Waals surface area contributed by atoms with Gasteiger partial charge in [-0.2, -0.15) is 0 Å². The van der Waals surface area contributed by atoms with Crippen molar-refractivity contribution in [3.05, 3.63) is 81.4 Å². The predicted octanol–water partition coefficient (Wildman–Crippen LogP) is 4.80. The van der Waals surface area contributed by atoms with Gasteiger partial charge in [0.05, 0.1) is 29.5 Å². The molecular weight excluding hydrogens is 440 g/mol. The minimum Gasteiger partial charge on any atom is -0.353 e. The number of hydrazine groups is 1. The van der Waals surface area contributed by atoms with Gasteiger partial charge in [-0.05, 0) is 36.8 Å². The zero-order valence-corrected chi connectivity index (χ0v) is 19.2. The summed E-state index contributed by atoms with van der Waals surface area (Å²) in [6, 6.07) is 16.5. The van der Waals surface area contributed by atoms with Gasteiger partial charge in [0.1, 0.15) is 0 Å². The standard InChI is InChI=1S/C24H23ClN6S/c1-16-29-19(15-32-16)14-31-22-5-3-2-4-20(22)21(10-11-28-30-24-26-12-13-27-24)23(31)17-6-8-18(25)9-7-17/h2-11,15,28H,12-14H2,1H3,(H2,26,27,30). The van der Waals surface area contributed by atoms with Crippen molar-refractivity contribution in [3.63, 3.8) is 0 Å². The summed E-state index contributed by atoms with van der Waals surface area (Å²) in [5.41, 5.74) is 11.8. The van der Waals surface area contributed by atoms with E-state index in [4.69, 9.17) is 16.6 Å². The molecule has 0 saturated heterocycles. The van der Waals surface area contributed by atoms with Gasteiger partial charge in [0.25, 0.3) is 0 Å². The summed E-state index contributed by atoms with van der Waals surface area (Å²) in [5.74, 6) is 0.758. The number of hydrogen-bond acceptors (Lipinski definition) is 6. The maximum atomic E-state index is 6.19. The number of aliphatic imine (C=N–C) groups is 1. The number of benzene rings is 2. The van der Waals surface area contributed by atoms with Crippen LogP contribution in [0.4, 0.5) is 0 Å². The van der Waals surface area contributed by atoms with Gasteiger partial charge < -0.3 is 15.3 Å². The third-order valence-electron chi connectivity index (χ3n) is 5.31. The molecule has 6 nitrogen and oxygen atoms in total. The molecule has 0 unspecified atom stereocenters. The number of nitrogens with one attached hydrogen (secondary N) is 3. The molecule has 0 spiro atoms. The molecule has 1 aliphatic heterocycles. The van der Waals surface area contributed by atoms with Gasteiger partial charge in [0, 0.05) is 39.6 Å². The van der Waals surface area contributed by atoms with E-state index in [-0.39, 0.29) is 0 Å². The molecule has 8 heteroatoms. The van der Waals surface area contributed by atoms with Crippen LogP contribution < -0.4 is 16.2 Å². The van der Waals surface area contributed by atoms with E-state index in [1.807, 2.05) is 25.3 Å². The maximum absolute atomic E-state index is 6.19. The lowest BCUT2D eigenvalue weighted by Gasteiger charge is -2.11. The minimum absolute atomic E-state index is 0.697. The first kappa shape index (κ1) is 20.6. The molecule has 0 amide bonds. The number of guanidine groups is 1. The van der Waals surface area contributed by atoms with Crippen molar-refractivity contribution in [2.45, 2.75) is 13.5 Å².